The number of hydrogen-bond donors (Lipinski definition) is 1. The maximum atomic E-state index is 12.1. The highest BCUT2D eigenvalue weighted by Crippen LogP contribution is 2.22. The molecule has 112 valence electrons. The van der Waals surface area contributed by atoms with Crippen LogP contribution in [0.3, 0.4) is 0 Å². The Bertz CT molecular complexity index is 561. The van der Waals surface area contributed by atoms with Gasteiger partial charge in [-0.15, -0.1) is 11.3 Å². The van der Waals surface area contributed by atoms with Crippen molar-refractivity contribution in [1.29, 1.82) is 0 Å². The van der Waals surface area contributed by atoms with Gasteiger partial charge in [-0.25, -0.2) is 0 Å². The van der Waals surface area contributed by atoms with Crippen LogP contribution in [0.2, 0.25) is 0 Å². The van der Waals surface area contributed by atoms with Gasteiger partial charge in [0.15, 0.2) is 0 Å². The molecule has 0 spiro atoms. The largest absolute Gasteiger partial charge is 0.354 e. The van der Waals surface area contributed by atoms with Crippen LogP contribution in [0, 0.1) is 6.92 Å². The van der Waals surface area contributed by atoms with E-state index in [9.17, 15) is 4.79 Å². The van der Waals surface area contributed by atoms with E-state index in [2.05, 4.69) is 21.7 Å². The number of hydrogen-bond acceptors (Lipinski definition) is 3. The van der Waals surface area contributed by atoms with Gasteiger partial charge in [0.1, 0.15) is 0 Å². The molecule has 0 bridgehead atoms. The van der Waals surface area contributed by atoms with Gasteiger partial charge in [-0.05, 0) is 38.0 Å². The summed E-state index contributed by atoms with van der Waals surface area (Å²) in [6.45, 7) is 2.69. The van der Waals surface area contributed by atoms with Crippen LogP contribution in [0.1, 0.15) is 22.0 Å². The van der Waals surface area contributed by atoms with Crippen molar-refractivity contribution in [3.05, 3.63) is 57.8 Å². The fourth-order valence-electron chi connectivity index (χ4n) is 2.18. The number of likely N-dealkylation sites (N-methyl/N-ethyl adjacent to an activating group) is 1. The third-order valence-corrected chi connectivity index (χ3v) is 4.45. The van der Waals surface area contributed by atoms with Crippen LogP contribution in [-0.4, -0.2) is 31.4 Å². The average molecular weight is 302 g/mol. The van der Waals surface area contributed by atoms with Crippen LogP contribution in [0.25, 0.3) is 0 Å². The number of aryl methyl sites for hydroxylation is 1. The quantitative estimate of drug-likeness (QED) is 0.889. The number of nitrogens with one attached hydrogen (secondary N) is 1. The summed E-state index contributed by atoms with van der Waals surface area (Å²) in [5.74, 6) is 0.0715. The van der Waals surface area contributed by atoms with E-state index in [1.54, 1.807) is 11.3 Å². The molecule has 3 nitrogen and oxygen atoms in total. The van der Waals surface area contributed by atoms with Crippen molar-refractivity contribution < 1.29 is 4.79 Å². The smallest absolute Gasteiger partial charge is 0.224 e. The Labute approximate surface area is 130 Å². The lowest BCUT2D eigenvalue weighted by molar-refractivity contribution is -0.120. The van der Waals surface area contributed by atoms with Gasteiger partial charge in [-0.1, -0.05) is 35.9 Å². The molecular weight excluding hydrogens is 280 g/mol. The number of rotatable bonds is 6. The van der Waals surface area contributed by atoms with Gasteiger partial charge < -0.3 is 10.2 Å². The zero-order valence-electron chi connectivity index (χ0n) is 12.8. The second-order valence-electron chi connectivity index (χ2n) is 5.46. The highest BCUT2D eigenvalue weighted by atomic mass is 32.1. The Morgan fingerprint density at radius 3 is 2.52 bits per heavy atom. The van der Waals surface area contributed by atoms with Crippen molar-refractivity contribution in [2.75, 3.05) is 20.6 Å². The van der Waals surface area contributed by atoms with Crippen molar-refractivity contribution >= 4 is 17.2 Å². The van der Waals surface area contributed by atoms with Gasteiger partial charge in [0.25, 0.3) is 0 Å². The number of benzene rings is 1. The Morgan fingerprint density at radius 2 is 1.95 bits per heavy atom. The van der Waals surface area contributed by atoms with E-state index in [-0.39, 0.29) is 11.9 Å². The predicted octanol–water partition coefficient (Wildman–Crippen LogP) is 3.02. The number of carbonyl (C=O) groups excluding carboxylic acids is 1. The SMILES string of the molecule is Cc1ccc(CC(=O)NC[C@H](c2cccs2)N(C)C)cc1. The first-order valence-corrected chi connectivity index (χ1v) is 7.96. The van der Waals surface area contributed by atoms with Crippen LogP contribution in [0.5, 0.6) is 0 Å². The molecule has 0 saturated heterocycles. The van der Waals surface area contributed by atoms with E-state index >= 15 is 0 Å². The summed E-state index contributed by atoms with van der Waals surface area (Å²) in [5, 5.41) is 5.11. The van der Waals surface area contributed by atoms with Crippen molar-refractivity contribution in [1.82, 2.24) is 10.2 Å². The van der Waals surface area contributed by atoms with Gasteiger partial charge in [0.2, 0.25) is 5.91 Å². The highest BCUT2D eigenvalue weighted by Gasteiger charge is 2.16. The molecule has 1 heterocycles. The lowest BCUT2D eigenvalue weighted by Crippen LogP contribution is -2.34. The molecule has 0 aliphatic rings. The predicted molar refractivity (Wildman–Crippen MR) is 88.6 cm³/mol. The Hall–Kier alpha value is -1.65. The zero-order chi connectivity index (χ0) is 15.2. The second kappa shape index (κ2) is 7.38. The van der Waals surface area contributed by atoms with E-state index in [1.165, 1.54) is 10.4 Å². The van der Waals surface area contributed by atoms with Crippen molar-refractivity contribution in [3.63, 3.8) is 0 Å². The van der Waals surface area contributed by atoms with Crippen molar-refractivity contribution in [2.45, 2.75) is 19.4 Å². The number of nitrogens with zero attached hydrogens (tertiary/aromatic N) is 1. The normalized spacial score (nSPS) is 12.4. The molecule has 4 heteroatoms. The molecule has 0 saturated carbocycles. The Morgan fingerprint density at radius 1 is 1.24 bits per heavy atom. The van der Waals surface area contributed by atoms with Gasteiger partial charge in [-0.3, -0.25) is 4.79 Å². The molecule has 1 aromatic heterocycles. The standard InChI is InChI=1S/C17H22N2OS/c1-13-6-8-14(9-7-13)11-17(20)18-12-15(19(2)3)16-5-4-10-21-16/h4-10,15H,11-12H2,1-3H3,(H,18,20)/t15-/m1/s1. The van der Waals surface area contributed by atoms with Crippen LogP contribution >= 0.6 is 11.3 Å². The summed E-state index contributed by atoms with van der Waals surface area (Å²) >= 11 is 1.72. The second-order valence-corrected chi connectivity index (χ2v) is 6.44. The maximum absolute atomic E-state index is 12.1. The molecule has 1 N–H and O–H groups in total. The summed E-state index contributed by atoms with van der Waals surface area (Å²) in [5.41, 5.74) is 2.26. The Kier molecular flexibility index (Phi) is 5.53. The first-order chi connectivity index (χ1) is 10.1. The molecule has 0 fully saturated rings. The minimum Gasteiger partial charge on any atom is -0.354 e. The zero-order valence-corrected chi connectivity index (χ0v) is 13.6. The van der Waals surface area contributed by atoms with E-state index in [0.717, 1.165) is 5.56 Å². The average Bonchev–Trinajstić information content (AvgIpc) is 2.95. The summed E-state index contributed by atoms with van der Waals surface area (Å²) in [7, 11) is 4.08. The highest BCUT2D eigenvalue weighted by molar-refractivity contribution is 7.10. The molecule has 1 amide bonds. The van der Waals surface area contributed by atoms with Crippen LogP contribution in [0.4, 0.5) is 0 Å². The van der Waals surface area contributed by atoms with E-state index < -0.39 is 0 Å². The molecule has 2 rings (SSSR count). The van der Waals surface area contributed by atoms with E-state index in [4.69, 9.17) is 0 Å². The van der Waals surface area contributed by atoms with E-state index in [0.29, 0.717) is 13.0 Å². The molecule has 0 unspecified atom stereocenters. The molecule has 0 aliphatic carbocycles. The van der Waals surface area contributed by atoms with Crippen molar-refractivity contribution in [2.24, 2.45) is 0 Å². The minimum atomic E-state index is 0.0715. The third-order valence-electron chi connectivity index (χ3n) is 3.47. The van der Waals surface area contributed by atoms with Gasteiger partial charge in [0, 0.05) is 11.4 Å². The number of thiophene rings is 1. The first kappa shape index (κ1) is 15.7. The molecule has 1 atom stereocenters. The number of amides is 1. The van der Waals surface area contributed by atoms with Crippen LogP contribution in [-0.2, 0) is 11.2 Å². The topological polar surface area (TPSA) is 32.3 Å². The first-order valence-electron chi connectivity index (χ1n) is 7.08. The van der Waals surface area contributed by atoms with Crippen LogP contribution < -0.4 is 5.32 Å². The fourth-order valence-corrected chi connectivity index (χ4v) is 3.11. The number of carbonyl (C=O) groups is 1. The molecular formula is C17H22N2OS. The van der Waals surface area contributed by atoms with Gasteiger partial charge >= 0.3 is 0 Å². The molecule has 2 aromatic rings. The molecule has 0 radical (unpaired) electrons. The lowest BCUT2D eigenvalue weighted by Gasteiger charge is -2.23. The maximum Gasteiger partial charge on any atom is 0.224 e. The molecule has 21 heavy (non-hydrogen) atoms. The summed E-state index contributed by atoms with van der Waals surface area (Å²) in [6, 6.07) is 12.5. The molecule has 0 aliphatic heterocycles. The molecule has 1 aromatic carbocycles. The monoisotopic (exact) mass is 302 g/mol. The lowest BCUT2D eigenvalue weighted by atomic mass is 10.1. The summed E-state index contributed by atoms with van der Waals surface area (Å²) in [6.07, 6.45) is 0.435. The summed E-state index contributed by atoms with van der Waals surface area (Å²) in [4.78, 5) is 15.5. The van der Waals surface area contributed by atoms with Crippen LogP contribution in [0.15, 0.2) is 41.8 Å². The van der Waals surface area contributed by atoms with E-state index in [1.807, 2.05) is 51.4 Å². The fraction of sp³-hybridized carbons (Fsp3) is 0.353. The van der Waals surface area contributed by atoms with Gasteiger partial charge in [0.05, 0.1) is 12.5 Å². The minimum absolute atomic E-state index is 0.0715. The van der Waals surface area contributed by atoms with Gasteiger partial charge in [-0.2, -0.15) is 0 Å². The summed E-state index contributed by atoms with van der Waals surface area (Å²) < 4.78 is 0. The Balaban J connectivity index is 1.89. The van der Waals surface area contributed by atoms with Crippen molar-refractivity contribution in [3.8, 4) is 0 Å². The third kappa shape index (κ3) is 4.69.